The summed E-state index contributed by atoms with van der Waals surface area (Å²) in [6, 6.07) is 2.49. The molecule has 0 spiro atoms. The number of fused-ring (bicyclic) bond motifs is 1. The first-order valence-electron chi connectivity index (χ1n) is 6.81. The van der Waals surface area contributed by atoms with Gasteiger partial charge in [-0.1, -0.05) is 11.6 Å². The number of nitrogens with zero attached hydrogens (tertiary/aromatic N) is 1. The van der Waals surface area contributed by atoms with Gasteiger partial charge in [-0.2, -0.15) is 0 Å². The highest BCUT2D eigenvalue weighted by atomic mass is 35.5. The van der Waals surface area contributed by atoms with Crippen LogP contribution in [-0.4, -0.2) is 44.0 Å². The molecule has 1 heterocycles. The standard InChI is InChI=1S/C15H16ClNO7/c1-14(2,3)24-13(19)17-5-4-8-9(7-18)11(23-15(20,21)22)6-10(16)12(8)17/h4-7,20-22H,1-3H3. The van der Waals surface area contributed by atoms with Crippen LogP contribution in [0.5, 0.6) is 5.75 Å². The number of aromatic nitrogens is 1. The van der Waals surface area contributed by atoms with E-state index in [-0.39, 0.29) is 27.2 Å². The van der Waals surface area contributed by atoms with Gasteiger partial charge in [0.25, 0.3) is 0 Å². The third kappa shape index (κ3) is 3.85. The molecule has 0 saturated heterocycles. The van der Waals surface area contributed by atoms with Gasteiger partial charge in [0.1, 0.15) is 11.4 Å². The zero-order valence-electron chi connectivity index (χ0n) is 13.1. The number of ether oxygens (including phenoxy) is 2. The van der Waals surface area contributed by atoms with Gasteiger partial charge in [-0.3, -0.25) is 9.36 Å². The maximum absolute atomic E-state index is 12.2. The van der Waals surface area contributed by atoms with E-state index in [0.29, 0.717) is 6.29 Å². The molecule has 9 heteroatoms. The second-order valence-electron chi connectivity index (χ2n) is 5.99. The van der Waals surface area contributed by atoms with Crippen molar-refractivity contribution in [1.29, 1.82) is 0 Å². The minimum atomic E-state index is -3.48. The molecule has 2 aromatic rings. The molecule has 0 unspecified atom stereocenters. The average Bonchev–Trinajstić information content (AvgIpc) is 2.80. The first kappa shape index (κ1) is 18.2. The van der Waals surface area contributed by atoms with Crippen molar-refractivity contribution in [3.8, 4) is 5.75 Å². The summed E-state index contributed by atoms with van der Waals surface area (Å²) < 4.78 is 10.9. The number of benzene rings is 1. The zero-order chi connectivity index (χ0) is 18.3. The summed E-state index contributed by atoms with van der Waals surface area (Å²) in [5, 5.41) is 27.0. The Balaban J connectivity index is 2.61. The monoisotopic (exact) mass is 357 g/mol. The number of hydrogen-bond acceptors (Lipinski definition) is 7. The van der Waals surface area contributed by atoms with Crippen molar-refractivity contribution < 1.29 is 34.4 Å². The Labute approximate surface area is 141 Å². The molecule has 1 aromatic heterocycles. The molecule has 0 bridgehead atoms. The third-order valence-electron chi connectivity index (χ3n) is 2.88. The van der Waals surface area contributed by atoms with E-state index in [1.165, 1.54) is 12.3 Å². The molecule has 0 aliphatic heterocycles. The van der Waals surface area contributed by atoms with Crippen LogP contribution in [0.25, 0.3) is 10.9 Å². The topological polar surface area (TPSA) is 118 Å². The number of aldehydes is 1. The number of carbonyl (C=O) groups excluding carboxylic acids is 2. The van der Waals surface area contributed by atoms with Crippen molar-refractivity contribution >= 4 is 34.9 Å². The molecular formula is C15H16ClNO7. The van der Waals surface area contributed by atoms with Crippen LogP contribution in [0.2, 0.25) is 5.02 Å². The van der Waals surface area contributed by atoms with E-state index in [9.17, 15) is 9.59 Å². The van der Waals surface area contributed by atoms with Crippen LogP contribution in [0.4, 0.5) is 4.79 Å². The highest BCUT2D eigenvalue weighted by molar-refractivity contribution is 6.36. The van der Waals surface area contributed by atoms with Gasteiger partial charge >= 0.3 is 12.3 Å². The first-order chi connectivity index (χ1) is 10.9. The van der Waals surface area contributed by atoms with Crippen molar-refractivity contribution in [2.45, 2.75) is 32.5 Å². The highest BCUT2D eigenvalue weighted by Crippen LogP contribution is 2.35. The van der Waals surface area contributed by atoms with E-state index in [1.54, 1.807) is 20.8 Å². The molecule has 0 amide bonds. The lowest BCUT2D eigenvalue weighted by atomic mass is 10.1. The summed E-state index contributed by atoms with van der Waals surface area (Å²) in [6.45, 7) is 5.10. The molecule has 130 valence electrons. The SMILES string of the molecule is CC(C)(C)OC(=O)n1ccc2c(C=O)c(OC(O)(O)O)cc(Cl)c21. The van der Waals surface area contributed by atoms with E-state index in [2.05, 4.69) is 4.74 Å². The minimum Gasteiger partial charge on any atom is -0.443 e. The smallest absolute Gasteiger partial charge is 0.443 e. The second-order valence-corrected chi connectivity index (χ2v) is 6.40. The van der Waals surface area contributed by atoms with Gasteiger partial charge in [0.05, 0.1) is 16.1 Å². The van der Waals surface area contributed by atoms with E-state index >= 15 is 0 Å². The lowest BCUT2D eigenvalue weighted by molar-refractivity contribution is -0.419. The molecule has 0 radical (unpaired) electrons. The van der Waals surface area contributed by atoms with Crippen molar-refractivity contribution in [1.82, 2.24) is 4.57 Å². The fourth-order valence-corrected chi connectivity index (χ4v) is 2.40. The minimum absolute atomic E-state index is 0.0225. The molecule has 8 nitrogen and oxygen atoms in total. The van der Waals surface area contributed by atoms with Gasteiger partial charge in [0.15, 0.2) is 6.29 Å². The number of carbonyl (C=O) groups is 2. The maximum Gasteiger partial charge on any atom is 0.453 e. The number of hydrogen-bond donors (Lipinski definition) is 3. The molecule has 1 aromatic carbocycles. The van der Waals surface area contributed by atoms with Crippen molar-refractivity contribution in [2.24, 2.45) is 0 Å². The largest absolute Gasteiger partial charge is 0.453 e. The van der Waals surface area contributed by atoms with Gasteiger partial charge < -0.3 is 24.8 Å². The fraction of sp³-hybridized carbons (Fsp3) is 0.333. The van der Waals surface area contributed by atoms with Crippen LogP contribution in [0.1, 0.15) is 31.1 Å². The molecule has 24 heavy (non-hydrogen) atoms. The maximum atomic E-state index is 12.2. The van der Waals surface area contributed by atoms with Crippen LogP contribution in [0.15, 0.2) is 18.3 Å². The number of rotatable bonds is 3. The van der Waals surface area contributed by atoms with Crippen LogP contribution in [-0.2, 0) is 4.74 Å². The normalized spacial score (nSPS) is 12.3. The molecule has 0 aliphatic rings. The van der Waals surface area contributed by atoms with Gasteiger partial charge in [-0.25, -0.2) is 4.79 Å². The predicted molar refractivity (Wildman–Crippen MR) is 84.0 cm³/mol. The fourth-order valence-electron chi connectivity index (χ4n) is 2.10. The summed E-state index contributed by atoms with van der Waals surface area (Å²) in [4.78, 5) is 23.6. The van der Waals surface area contributed by atoms with Gasteiger partial charge in [-0.05, 0) is 26.8 Å². The van der Waals surface area contributed by atoms with E-state index in [0.717, 1.165) is 10.6 Å². The third-order valence-corrected chi connectivity index (χ3v) is 3.17. The Kier molecular flexibility index (Phi) is 4.60. The first-order valence-corrected chi connectivity index (χ1v) is 7.19. The molecule has 0 saturated carbocycles. The molecule has 0 fully saturated rings. The van der Waals surface area contributed by atoms with Crippen molar-refractivity contribution in [3.63, 3.8) is 0 Å². The van der Waals surface area contributed by atoms with Crippen LogP contribution >= 0.6 is 11.6 Å². The quantitative estimate of drug-likeness (QED) is 0.566. The van der Waals surface area contributed by atoms with Crippen molar-refractivity contribution in [2.75, 3.05) is 0 Å². The Morgan fingerprint density at radius 1 is 1.29 bits per heavy atom. The van der Waals surface area contributed by atoms with E-state index in [1.807, 2.05) is 0 Å². The molecule has 2 rings (SSSR count). The Hall–Kier alpha value is -2.13. The van der Waals surface area contributed by atoms with Crippen LogP contribution in [0, 0.1) is 0 Å². The van der Waals surface area contributed by atoms with Gasteiger partial charge in [0.2, 0.25) is 0 Å². The van der Waals surface area contributed by atoms with Crippen LogP contribution in [0.3, 0.4) is 0 Å². The lowest BCUT2D eigenvalue weighted by Gasteiger charge is -2.20. The average molecular weight is 358 g/mol. The van der Waals surface area contributed by atoms with Crippen molar-refractivity contribution in [3.05, 3.63) is 28.9 Å². The predicted octanol–water partition coefficient (Wildman–Crippen LogP) is 1.86. The highest BCUT2D eigenvalue weighted by Gasteiger charge is 2.27. The molecule has 3 N–H and O–H groups in total. The summed E-state index contributed by atoms with van der Waals surface area (Å²) >= 11 is 6.11. The number of halogens is 1. The van der Waals surface area contributed by atoms with E-state index < -0.39 is 17.9 Å². The summed E-state index contributed by atoms with van der Waals surface area (Å²) in [5.74, 6) is -0.364. The summed E-state index contributed by atoms with van der Waals surface area (Å²) in [7, 11) is 0. The van der Waals surface area contributed by atoms with Gasteiger partial charge in [0, 0.05) is 17.6 Å². The van der Waals surface area contributed by atoms with Crippen LogP contribution < -0.4 is 4.74 Å². The molecular weight excluding hydrogens is 342 g/mol. The molecule has 0 atom stereocenters. The summed E-state index contributed by atoms with van der Waals surface area (Å²) in [5.41, 5.74) is -0.681. The van der Waals surface area contributed by atoms with E-state index in [4.69, 9.17) is 31.7 Å². The lowest BCUT2D eigenvalue weighted by Crippen LogP contribution is -2.35. The molecule has 0 aliphatic carbocycles. The second kappa shape index (κ2) is 6.06. The Bertz CT molecular complexity index is 799. The zero-order valence-corrected chi connectivity index (χ0v) is 13.9. The Morgan fingerprint density at radius 3 is 2.42 bits per heavy atom. The number of aliphatic hydroxyl groups is 3. The Morgan fingerprint density at radius 2 is 1.92 bits per heavy atom. The van der Waals surface area contributed by atoms with Gasteiger partial charge in [-0.15, -0.1) is 0 Å². The summed E-state index contributed by atoms with van der Waals surface area (Å²) in [6.07, 6.45) is -2.46.